The number of furan rings is 1. The quantitative estimate of drug-likeness (QED) is 0.714. The minimum atomic E-state index is 0.0703. The van der Waals surface area contributed by atoms with Crippen LogP contribution in [0.5, 0.6) is 0 Å². The molecule has 0 radical (unpaired) electrons. The van der Waals surface area contributed by atoms with Crippen molar-refractivity contribution in [1.29, 1.82) is 0 Å². The van der Waals surface area contributed by atoms with Crippen molar-refractivity contribution in [3.8, 4) is 0 Å². The maximum Gasteiger partial charge on any atom is 0.224 e. The molecule has 1 aromatic heterocycles. The van der Waals surface area contributed by atoms with Crippen LogP contribution in [0.3, 0.4) is 0 Å². The molecule has 18 heavy (non-hydrogen) atoms. The summed E-state index contributed by atoms with van der Waals surface area (Å²) < 4.78 is 5.51. The van der Waals surface area contributed by atoms with Crippen LogP contribution in [0.15, 0.2) is 16.5 Å². The molecule has 0 aromatic carbocycles. The lowest BCUT2D eigenvalue weighted by atomic mass is 10.3. The Kier molecular flexibility index (Phi) is 6.22. The van der Waals surface area contributed by atoms with Crippen molar-refractivity contribution in [3.63, 3.8) is 0 Å². The summed E-state index contributed by atoms with van der Waals surface area (Å²) in [5.41, 5.74) is 0. The van der Waals surface area contributed by atoms with E-state index < -0.39 is 0 Å². The Bertz CT molecular complexity index is 377. The van der Waals surface area contributed by atoms with Gasteiger partial charge >= 0.3 is 0 Å². The number of alkyl halides is 1. The van der Waals surface area contributed by atoms with Crippen molar-refractivity contribution >= 4 is 17.5 Å². The number of aryl methyl sites for hydroxylation is 1. The number of hydrogen-bond acceptors (Lipinski definition) is 3. The number of rotatable bonds is 7. The first-order chi connectivity index (χ1) is 8.52. The van der Waals surface area contributed by atoms with E-state index in [4.69, 9.17) is 16.0 Å². The van der Waals surface area contributed by atoms with Crippen LogP contribution < -0.4 is 0 Å². The largest absolute Gasteiger partial charge is 0.464 e. The SMILES string of the molecule is Cc1ccc(CN(CCN(C)C)C(=O)CCCl)o1. The van der Waals surface area contributed by atoms with E-state index in [1.807, 2.05) is 38.1 Å². The zero-order valence-electron chi connectivity index (χ0n) is 11.3. The number of halogens is 1. The average molecular weight is 273 g/mol. The fourth-order valence-electron chi connectivity index (χ4n) is 1.61. The van der Waals surface area contributed by atoms with Crippen LogP contribution >= 0.6 is 11.6 Å². The summed E-state index contributed by atoms with van der Waals surface area (Å²) in [5.74, 6) is 2.10. The van der Waals surface area contributed by atoms with Gasteiger partial charge in [0.2, 0.25) is 5.91 Å². The summed E-state index contributed by atoms with van der Waals surface area (Å²) >= 11 is 5.63. The minimum Gasteiger partial charge on any atom is -0.464 e. The highest BCUT2D eigenvalue weighted by Crippen LogP contribution is 2.10. The second kappa shape index (κ2) is 7.44. The minimum absolute atomic E-state index is 0.0703. The van der Waals surface area contributed by atoms with Gasteiger partial charge in [-0.2, -0.15) is 0 Å². The molecule has 1 heterocycles. The van der Waals surface area contributed by atoms with Gasteiger partial charge in [-0.05, 0) is 33.2 Å². The van der Waals surface area contributed by atoms with E-state index in [0.29, 0.717) is 25.4 Å². The molecule has 5 heteroatoms. The number of carbonyl (C=O) groups excluding carboxylic acids is 1. The Labute approximate surface area is 113 Å². The molecule has 0 aliphatic rings. The standard InChI is InChI=1S/C13H21ClN2O2/c1-11-4-5-12(18-11)10-16(9-8-15(2)3)13(17)6-7-14/h4-5H,6-10H2,1-3H3. The number of hydrogen-bond donors (Lipinski definition) is 0. The van der Waals surface area contributed by atoms with Gasteiger partial charge < -0.3 is 14.2 Å². The molecule has 102 valence electrons. The highest BCUT2D eigenvalue weighted by molar-refractivity contribution is 6.18. The third-order valence-electron chi connectivity index (χ3n) is 2.62. The second-order valence-corrected chi connectivity index (χ2v) is 4.95. The highest BCUT2D eigenvalue weighted by atomic mass is 35.5. The lowest BCUT2D eigenvalue weighted by Gasteiger charge is -2.23. The Morgan fingerprint density at radius 3 is 2.56 bits per heavy atom. The third-order valence-corrected chi connectivity index (χ3v) is 2.81. The van der Waals surface area contributed by atoms with Gasteiger partial charge in [0.25, 0.3) is 0 Å². The summed E-state index contributed by atoms with van der Waals surface area (Å²) in [7, 11) is 3.97. The summed E-state index contributed by atoms with van der Waals surface area (Å²) in [6.45, 7) is 3.92. The molecule has 0 spiro atoms. The fraction of sp³-hybridized carbons (Fsp3) is 0.615. The van der Waals surface area contributed by atoms with Gasteiger partial charge in [-0.25, -0.2) is 0 Å². The molecular formula is C13H21ClN2O2. The number of nitrogens with zero attached hydrogens (tertiary/aromatic N) is 2. The van der Waals surface area contributed by atoms with E-state index in [1.165, 1.54) is 0 Å². The summed E-state index contributed by atoms with van der Waals surface area (Å²) in [6.07, 6.45) is 0.370. The molecule has 4 nitrogen and oxygen atoms in total. The van der Waals surface area contributed by atoms with E-state index >= 15 is 0 Å². The summed E-state index contributed by atoms with van der Waals surface area (Å²) in [4.78, 5) is 15.8. The van der Waals surface area contributed by atoms with Crippen molar-refractivity contribution in [2.24, 2.45) is 0 Å². The van der Waals surface area contributed by atoms with E-state index in [1.54, 1.807) is 4.90 Å². The maximum absolute atomic E-state index is 11.9. The molecule has 0 saturated carbocycles. The zero-order valence-corrected chi connectivity index (χ0v) is 12.0. The molecule has 0 aliphatic heterocycles. The molecule has 0 saturated heterocycles. The molecule has 0 bridgehead atoms. The van der Waals surface area contributed by atoms with Gasteiger partial charge in [0.05, 0.1) is 6.54 Å². The fourth-order valence-corrected chi connectivity index (χ4v) is 1.77. The van der Waals surface area contributed by atoms with Gasteiger partial charge in [-0.15, -0.1) is 11.6 Å². The van der Waals surface area contributed by atoms with Gasteiger partial charge in [0.1, 0.15) is 11.5 Å². The molecule has 0 unspecified atom stereocenters. The van der Waals surface area contributed by atoms with Crippen molar-refractivity contribution < 1.29 is 9.21 Å². The second-order valence-electron chi connectivity index (χ2n) is 4.57. The molecule has 0 atom stereocenters. The van der Waals surface area contributed by atoms with Gasteiger partial charge in [-0.1, -0.05) is 0 Å². The van der Waals surface area contributed by atoms with Crippen LogP contribution in [0.25, 0.3) is 0 Å². The van der Waals surface area contributed by atoms with Crippen molar-refractivity contribution in [3.05, 3.63) is 23.7 Å². The lowest BCUT2D eigenvalue weighted by molar-refractivity contribution is -0.131. The smallest absolute Gasteiger partial charge is 0.224 e. The molecule has 1 rings (SSSR count). The zero-order chi connectivity index (χ0) is 13.5. The average Bonchev–Trinajstić information content (AvgIpc) is 2.70. The Morgan fingerprint density at radius 2 is 2.06 bits per heavy atom. The van der Waals surface area contributed by atoms with Gasteiger partial charge in [0.15, 0.2) is 0 Å². The Morgan fingerprint density at radius 1 is 1.33 bits per heavy atom. The normalized spacial score (nSPS) is 10.9. The summed E-state index contributed by atoms with van der Waals surface area (Å²) in [5, 5.41) is 0. The van der Waals surface area contributed by atoms with Crippen molar-refractivity contribution in [1.82, 2.24) is 9.80 Å². The van der Waals surface area contributed by atoms with E-state index in [-0.39, 0.29) is 5.91 Å². The topological polar surface area (TPSA) is 36.7 Å². The predicted molar refractivity (Wildman–Crippen MR) is 72.8 cm³/mol. The molecule has 0 N–H and O–H groups in total. The maximum atomic E-state index is 11.9. The highest BCUT2D eigenvalue weighted by Gasteiger charge is 2.15. The number of amides is 1. The van der Waals surface area contributed by atoms with Crippen LogP contribution in [0.1, 0.15) is 17.9 Å². The molecule has 1 aromatic rings. The van der Waals surface area contributed by atoms with Crippen LogP contribution in [-0.2, 0) is 11.3 Å². The monoisotopic (exact) mass is 272 g/mol. The van der Waals surface area contributed by atoms with Gasteiger partial charge in [-0.3, -0.25) is 4.79 Å². The van der Waals surface area contributed by atoms with Gasteiger partial charge in [0, 0.05) is 25.4 Å². The molecular weight excluding hydrogens is 252 g/mol. The number of carbonyl (C=O) groups is 1. The predicted octanol–water partition coefficient (Wildman–Crippen LogP) is 2.11. The first-order valence-corrected chi connectivity index (χ1v) is 6.60. The van der Waals surface area contributed by atoms with Crippen LogP contribution in [0, 0.1) is 6.92 Å². The first kappa shape index (κ1) is 15.1. The third kappa shape index (κ3) is 5.10. The van der Waals surface area contributed by atoms with Crippen LogP contribution in [-0.4, -0.2) is 48.8 Å². The van der Waals surface area contributed by atoms with E-state index in [0.717, 1.165) is 18.1 Å². The molecule has 1 amide bonds. The van der Waals surface area contributed by atoms with Crippen molar-refractivity contribution in [2.45, 2.75) is 19.9 Å². The number of likely N-dealkylation sites (N-methyl/N-ethyl adjacent to an activating group) is 1. The Balaban J connectivity index is 2.61. The van der Waals surface area contributed by atoms with Crippen molar-refractivity contribution in [2.75, 3.05) is 33.1 Å². The molecule has 0 fully saturated rings. The molecule has 0 aliphatic carbocycles. The van der Waals surface area contributed by atoms with Crippen LogP contribution in [0.2, 0.25) is 0 Å². The lowest BCUT2D eigenvalue weighted by Crippen LogP contribution is -2.36. The van der Waals surface area contributed by atoms with E-state index in [9.17, 15) is 4.79 Å². The first-order valence-electron chi connectivity index (χ1n) is 6.06. The summed E-state index contributed by atoms with van der Waals surface area (Å²) in [6, 6.07) is 3.82. The van der Waals surface area contributed by atoms with Crippen LogP contribution in [0.4, 0.5) is 0 Å². The Hall–Kier alpha value is -1.00. The van der Waals surface area contributed by atoms with E-state index in [2.05, 4.69) is 0 Å².